The molecule has 0 spiro atoms. The second kappa shape index (κ2) is 9.83. The summed E-state index contributed by atoms with van der Waals surface area (Å²) >= 11 is 0. The summed E-state index contributed by atoms with van der Waals surface area (Å²) in [6.45, 7) is 5.41. The Morgan fingerprint density at radius 2 is 1.96 bits per heavy atom. The van der Waals surface area contributed by atoms with Gasteiger partial charge in [-0.15, -0.1) is 0 Å². The molecule has 0 aliphatic rings. The van der Waals surface area contributed by atoms with E-state index in [9.17, 15) is 22.8 Å². The summed E-state index contributed by atoms with van der Waals surface area (Å²) in [6, 6.07) is 1.31. The predicted octanol–water partition coefficient (Wildman–Crippen LogP) is 2.40. The highest BCUT2D eigenvalue weighted by Crippen LogP contribution is 2.33. The molecule has 7 nitrogen and oxygen atoms in total. The molecular formula is C16H23F3N4O3. The van der Waals surface area contributed by atoms with Crippen LogP contribution in [0.25, 0.3) is 0 Å². The number of halogens is 3. The van der Waals surface area contributed by atoms with Gasteiger partial charge in [-0.2, -0.15) is 13.2 Å². The Hall–Kier alpha value is -2.52. The highest BCUT2D eigenvalue weighted by atomic mass is 19.4. The molecule has 0 bridgehead atoms. The Morgan fingerprint density at radius 3 is 2.54 bits per heavy atom. The van der Waals surface area contributed by atoms with Crippen molar-refractivity contribution in [3.05, 3.63) is 23.9 Å². The first-order chi connectivity index (χ1) is 12.2. The fourth-order valence-corrected chi connectivity index (χ4v) is 2.09. The normalized spacial score (nSPS) is 12.4. The van der Waals surface area contributed by atoms with Gasteiger partial charge in [0.15, 0.2) is 0 Å². The van der Waals surface area contributed by atoms with Gasteiger partial charge in [0, 0.05) is 19.3 Å². The second-order valence-electron chi connectivity index (χ2n) is 5.70. The van der Waals surface area contributed by atoms with E-state index in [1.165, 1.54) is 12.3 Å². The van der Waals surface area contributed by atoms with Crippen LogP contribution in [0.2, 0.25) is 0 Å². The van der Waals surface area contributed by atoms with Crippen molar-refractivity contribution in [2.45, 2.75) is 33.0 Å². The van der Waals surface area contributed by atoms with Crippen LogP contribution in [-0.2, 0) is 15.7 Å². The van der Waals surface area contributed by atoms with Crippen LogP contribution in [0.15, 0.2) is 18.3 Å². The summed E-state index contributed by atoms with van der Waals surface area (Å²) in [7, 11) is 0. The lowest BCUT2D eigenvalue weighted by molar-refractivity contribution is -0.137. The number of anilines is 1. The number of nitrogens with one attached hydrogen (secondary N) is 3. The minimum absolute atomic E-state index is 0.0378. The number of amides is 2. The summed E-state index contributed by atoms with van der Waals surface area (Å²) < 4.78 is 43.3. The van der Waals surface area contributed by atoms with Gasteiger partial charge in [0.2, 0.25) is 5.91 Å². The molecule has 3 N–H and O–H groups in total. The topological polar surface area (TPSA) is 92.3 Å². The summed E-state index contributed by atoms with van der Waals surface area (Å²) in [6.07, 6.45) is -3.98. The van der Waals surface area contributed by atoms with Crippen LogP contribution < -0.4 is 16.0 Å². The van der Waals surface area contributed by atoms with Crippen LogP contribution in [0.3, 0.4) is 0 Å². The molecule has 26 heavy (non-hydrogen) atoms. The Balaban J connectivity index is 2.54. The van der Waals surface area contributed by atoms with Crippen LogP contribution in [0.4, 0.5) is 23.8 Å². The third-order valence-electron chi connectivity index (χ3n) is 3.33. The standard InChI is InChI=1S/C16H23F3N4O3/c1-4-26-15(25)23-12(10(2)3)14(24)22-9-8-21-13-11(16(17,18)19)6-5-7-20-13/h5-7,10,12H,4,8-9H2,1-3H3,(H,20,21)(H,22,24)(H,23,25). The minimum Gasteiger partial charge on any atom is -0.450 e. The minimum atomic E-state index is -4.52. The molecule has 1 rings (SSSR count). The second-order valence-corrected chi connectivity index (χ2v) is 5.70. The molecule has 0 aromatic carbocycles. The number of hydrogen-bond acceptors (Lipinski definition) is 5. The summed E-state index contributed by atoms with van der Waals surface area (Å²) in [5, 5.41) is 7.56. The van der Waals surface area contributed by atoms with Gasteiger partial charge < -0.3 is 20.7 Å². The van der Waals surface area contributed by atoms with Crippen molar-refractivity contribution in [2.75, 3.05) is 25.0 Å². The molecule has 0 saturated carbocycles. The molecule has 1 aromatic heterocycles. The van der Waals surface area contributed by atoms with Crippen LogP contribution in [0.5, 0.6) is 0 Å². The predicted molar refractivity (Wildman–Crippen MR) is 89.5 cm³/mol. The van der Waals surface area contributed by atoms with Gasteiger partial charge >= 0.3 is 12.3 Å². The summed E-state index contributed by atoms with van der Waals surface area (Å²) in [4.78, 5) is 27.3. The summed E-state index contributed by atoms with van der Waals surface area (Å²) in [5.74, 6) is -0.953. The van der Waals surface area contributed by atoms with Gasteiger partial charge in [0.25, 0.3) is 0 Å². The van der Waals surface area contributed by atoms with Crippen molar-refractivity contribution >= 4 is 17.8 Å². The zero-order valence-corrected chi connectivity index (χ0v) is 14.8. The maximum Gasteiger partial charge on any atom is 0.419 e. The zero-order chi connectivity index (χ0) is 19.7. The Kier molecular flexibility index (Phi) is 8.14. The molecule has 0 fully saturated rings. The number of aromatic nitrogens is 1. The van der Waals surface area contributed by atoms with Crippen LogP contribution in [0, 0.1) is 5.92 Å². The van der Waals surface area contributed by atoms with E-state index in [4.69, 9.17) is 4.74 Å². The van der Waals surface area contributed by atoms with Gasteiger partial charge in [0.1, 0.15) is 11.9 Å². The van der Waals surface area contributed by atoms with Crippen molar-refractivity contribution in [1.29, 1.82) is 0 Å². The Morgan fingerprint density at radius 1 is 1.27 bits per heavy atom. The molecule has 0 aliphatic heterocycles. The van der Waals surface area contributed by atoms with Crippen LogP contribution in [0.1, 0.15) is 26.3 Å². The number of rotatable bonds is 8. The average Bonchev–Trinajstić information content (AvgIpc) is 2.56. The smallest absolute Gasteiger partial charge is 0.419 e. The lowest BCUT2D eigenvalue weighted by Crippen LogP contribution is -2.50. The maximum atomic E-state index is 12.9. The average molecular weight is 376 g/mol. The van der Waals surface area contributed by atoms with Gasteiger partial charge in [-0.25, -0.2) is 9.78 Å². The van der Waals surface area contributed by atoms with E-state index in [-0.39, 0.29) is 31.4 Å². The van der Waals surface area contributed by atoms with E-state index in [0.717, 1.165) is 6.07 Å². The number of pyridine rings is 1. The molecule has 10 heteroatoms. The maximum absolute atomic E-state index is 12.9. The molecule has 1 heterocycles. The first kappa shape index (κ1) is 21.5. The van der Waals surface area contributed by atoms with Gasteiger partial charge in [-0.1, -0.05) is 13.8 Å². The number of carbonyl (C=O) groups excluding carboxylic acids is 2. The van der Waals surface area contributed by atoms with E-state index < -0.39 is 29.8 Å². The fourth-order valence-electron chi connectivity index (χ4n) is 2.09. The van der Waals surface area contributed by atoms with E-state index in [1.54, 1.807) is 20.8 Å². The lowest BCUT2D eigenvalue weighted by Gasteiger charge is -2.21. The zero-order valence-electron chi connectivity index (χ0n) is 14.8. The quantitative estimate of drug-likeness (QED) is 0.606. The van der Waals surface area contributed by atoms with Gasteiger partial charge in [-0.3, -0.25) is 4.79 Å². The molecule has 0 radical (unpaired) electrons. The number of alkyl halides is 3. The highest BCUT2D eigenvalue weighted by molar-refractivity contribution is 5.85. The number of carbonyl (C=O) groups is 2. The molecule has 0 aliphatic carbocycles. The Labute approximate surface area is 149 Å². The highest BCUT2D eigenvalue weighted by Gasteiger charge is 2.34. The monoisotopic (exact) mass is 376 g/mol. The molecule has 1 atom stereocenters. The van der Waals surface area contributed by atoms with Crippen molar-refractivity contribution in [2.24, 2.45) is 5.92 Å². The van der Waals surface area contributed by atoms with Crippen LogP contribution in [-0.4, -0.2) is 42.7 Å². The number of hydrogen-bond donors (Lipinski definition) is 3. The number of ether oxygens (including phenoxy) is 1. The van der Waals surface area contributed by atoms with E-state index in [1.807, 2.05) is 0 Å². The molecule has 0 saturated heterocycles. The molecule has 2 amide bonds. The fraction of sp³-hybridized carbons (Fsp3) is 0.562. The van der Waals surface area contributed by atoms with Gasteiger partial charge in [0.05, 0.1) is 12.2 Å². The van der Waals surface area contributed by atoms with Crippen LogP contribution >= 0.6 is 0 Å². The molecular weight excluding hydrogens is 353 g/mol. The third kappa shape index (κ3) is 6.77. The summed E-state index contributed by atoms with van der Waals surface area (Å²) in [5.41, 5.74) is -0.879. The van der Waals surface area contributed by atoms with Crippen molar-refractivity contribution < 1.29 is 27.5 Å². The third-order valence-corrected chi connectivity index (χ3v) is 3.33. The van der Waals surface area contributed by atoms with E-state index >= 15 is 0 Å². The first-order valence-corrected chi connectivity index (χ1v) is 8.13. The van der Waals surface area contributed by atoms with Crippen molar-refractivity contribution in [3.63, 3.8) is 0 Å². The van der Waals surface area contributed by atoms with Crippen molar-refractivity contribution in [3.8, 4) is 0 Å². The SMILES string of the molecule is CCOC(=O)NC(C(=O)NCCNc1ncccc1C(F)(F)F)C(C)C. The van der Waals surface area contributed by atoms with Gasteiger partial charge in [-0.05, 0) is 25.0 Å². The molecule has 1 aromatic rings. The van der Waals surface area contributed by atoms with E-state index in [2.05, 4.69) is 20.9 Å². The molecule has 146 valence electrons. The number of nitrogens with zero attached hydrogens (tertiary/aromatic N) is 1. The van der Waals surface area contributed by atoms with Crippen molar-refractivity contribution in [1.82, 2.24) is 15.6 Å². The first-order valence-electron chi connectivity index (χ1n) is 8.13. The van der Waals surface area contributed by atoms with E-state index in [0.29, 0.717) is 0 Å². The number of alkyl carbamates (subject to hydrolysis) is 1. The Bertz CT molecular complexity index is 609. The lowest BCUT2D eigenvalue weighted by atomic mass is 10.0. The largest absolute Gasteiger partial charge is 0.450 e. The molecule has 1 unspecified atom stereocenters.